The summed E-state index contributed by atoms with van der Waals surface area (Å²) in [6, 6.07) is 8.26. The van der Waals surface area contributed by atoms with Crippen molar-refractivity contribution in [1.29, 1.82) is 0 Å². The van der Waals surface area contributed by atoms with Crippen molar-refractivity contribution in [2.24, 2.45) is 0 Å². The van der Waals surface area contributed by atoms with Gasteiger partial charge in [-0.05, 0) is 37.3 Å². The van der Waals surface area contributed by atoms with Gasteiger partial charge >= 0.3 is 0 Å². The predicted octanol–water partition coefficient (Wildman–Crippen LogP) is 2.52. The molecule has 3 aromatic rings. The van der Waals surface area contributed by atoms with E-state index >= 15 is 0 Å². The van der Waals surface area contributed by atoms with Gasteiger partial charge in [-0.25, -0.2) is 4.39 Å². The molecule has 0 saturated heterocycles. The largest absolute Gasteiger partial charge is 0.492 e. The van der Waals surface area contributed by atoms with Gasteiger partial charge in [0.2, 0.25) is 0 Å². The smallest absolute Gasteiger partial charge is 0.168 e. The van der Waals surface area contributed by atoms with Gasteiger partial charge in [0.05, 0.1) is 12.3 Å². The van der Waals surface area contributed by atoms with Crippen LogP contribution in [0.25, 0.3) is 17.0 Å². The fraction of sp³-hybridized carbons (Fsp3) is 0.143. The molecule has 0 spiro atoms. The predicted molar refractivity (Wildman–Crippen MR) is 74.0 cm³/mol. The Bertz CT molecular complexity index is 769. The molecule has 2 aromatic heterocycles. The van der Waals surface area contributed by atoms with Crippen LogP contribution in [-0.4, -0.2) is 21.2 Å². The van der Waals surface area contributed by atoms with Crippen molar-refractivity contribution in [3.8, 4) is 17.1 Å². The topological polar surface area (TPSA) is 65.4 Å². The monoisotopic (exact) mass is 272 g/mol. The average Bonchev–Trinajstić information content (AvgIpc) is 2.84. The summed E-state index contributed by atoms with van der Waals surface area (Å²) in [4.78, 5) is 0. The van der Waals surface area contributed by atoms with E-state index in [1.807, 2.05) is 13.0 Å². The summed E-state index contributed by atoms with van der Waals surface area (Å²) in [5, 5.41) is 8.07. The molecule has 5 nitrogen and oxygen atoms in total. The van der Waals surface area contributed by atoms with Gasteiger partial charge in [-0.2, -0.15) is 0 Å². The van der Waals surface area contributed by atoms with E-state index in [0.717, 1.165) is 5.56 Å². The molecule has 0 unspecified atom stereocenters. The molecule has 1 aromatic carbocycles. The van der Waals surface area contributed by atoms with Gasteiger partial charge in [-0.3, -0.25) is 4.40 Å². The molecule has 0 aliphatic rings. The highest BCUT2D eigenvalue weighted by Crippen LogP contribution is 2.28. The zero-order valence-corrected chi connectivity index (χ0v) is 10.9. The first-order valence-electron chi connectivity index (χ1n) is 6.22. The van der Waals surface area contributed by atoms with Gasteiger partial charge in [-0.1, -0.05) is 0 Å². The van der Waals surface area contributed by atoms with Crippen LogP contribution in [-0.2, 0) is 0 Å². The third kappa shape index (κ3) is 2.05. The molecule has 0 radical (unpaired) electrons. The van der Waals surface area contributed by atoms with E-state index in [-0.39, 0.29) is 5.82 Å². The zero-order chi connectivity index (χ0) is 14.1. The zero-order valence-electron chi connectivity index (χ0n) is 10.9. The SMILES string of the molecule is CCOc1ccc(-c2nnc3ccc(F)cn23)cc1N. The second kappa shape index (κ2) is 4.80. The Morgan fingerprint density at radius 2 is 2.10 bits per heavy atom. The molecule has 0 aliphatic carbocycles. The van der Waals surface area contributed by atoms with Crippen molar-refractivity contribution >= 4 is 11.3 Å². The molecule has 20 heavy (non-hydrogen) atoms. The quantitative estimate of drug-likeness (QED) is 0.744. The van der Waals surface area contributed by atoms with Crippen molar-refractivity contribution in [2.45, 2.75) is 6.92 Å². The highest BCUT2D eigenvalue weighted by atomic mass is 19.1. The van der Waals surface area contributed by atoms with Crippen molar-refractivity contribution in [3.05, 3.63) is 42.3 Å². The Balaban J connectivity index is 2.11. The second-order valence-corrected chi connectivity index (χ2v) is 4.28. The summed E-state index contributed by atoms with van der Waals surface area (Å²) in [7, 11) is 0. The van der Waals surface area contributed by atoms with Crippen LogP contribution >= 0.6 is 0 Å². The average molecular weight is 272 g/mol. The third-order valence-corrected chi connectivity index (χ3v) is 2.93. The first-order chi connectivity index (χ1) is 9.69. The number of rotatable bonds is 3. The van der Waals surface area contributed by atoms with Crippen molar-refractivity contribution in [1.82, 2.24) is 14.6 Å². The molecular formula is C14H13FN4O. The van der Waals surface area contributed by atoms with Crippen LogP contribution in [0.4, 0.5) is 10.1 Å². The lowest BCUT2D eigenvalue weighted by Gasteiger charge is -2.08. The number of halogens is 1. The number of pyridine rings is 1. The van der Waals surface area contributed by atoms with Gasteiger partial charge in [0.1, 0.15) is 11.6 Å². The number of nitrogens with two attached hydrogens (primary N) is 1. The summed E-state index contributed by atoms with van der Waals surface area (Å²) in [5.74, 6) is 0.808. The maximum atomic E-state index is 13.3. The van der Waals surface area contributed by atoms with E-state index in [1.165, 1.54) is 12.3 Å². The van der Waals surface area contributed by atoms with E-state index in [4.69, 9.17) is 10.5 Å². The molecule has 2 heterocycles. The Kier molecular flexibility index (Phi) is 2.98. The molecule has 0 bridgehead atoms. The summed E-state index contributed by atoms with van der Waals surface area (Å²) >= 11 is 0. The Hall–Kier alpha value is -2.63. The molecule has 0 saturated carbocycles. The maximum absolute atomic E-state index is 13.3. The number of aromatic nitrogens is 3. The summed E-state index contributed by atoms with van der Waals surface area (Å²) in [5.41, 5.74) is 7.77. The molecular weight excluding hydrogens is 259 g/mol. The lowest BCUT2D eigenvalue weighted by Crippen LogP contribution is -1.98. The number of anilines is 1. The van der Waals surface area contributed by atoms with Gasteiger partial charge in [0, 0.05) is 11.8 Å². The highest BCUT2D eigenvalue weighted by molar-refractivity contribution is 5.68. The van der Waals surface area contributed by atoms with Crippen LogP contribution in [0.1, 0.15) is 6.92 Å². The van der Waals surface area contributed by atoms with Crippen molar-refractivity contribution in [2.75, 3.05) is 12.3 Å². The van der Waals surface area contributed by atoms with Gasteiger partial charge < -0.3 is 10.5 Å². The normalized spacial score (nSPS) is 10.9. The van der Waals surface area contributed by atoms with Crippen molar-refractivity contribution < 1.29 is 9.13 Å². The number of benzene rings is 1. The highest BCUT2D eigenvalue weighted by Gasteiger charge is 2.10. The minimum Gasteiger partial charge on any atom is -0.492 e. The second-order valence-electron chi connectivity index (χ2n) is 4.28. The number of hydrogen-bond acceptors (Lipinski definition) is 4. The number of ether oxygens (including phenoxy) is 1. The molecule has 6 heteroatoms. The van der Waals surface area contributed by atoms with E-state index in [1.54, 1.807) is 22.6 Å². The van der Waals surface area contributed by atoms with Crippen LogP contribution in [0, 0.1) is 5.82 Å². The molecule has 0 amide bonds. The van der Waals surface area contributed by atoms with Gasteiger partial charge in [-0.15, -0.1) is 10.2 Å². The Morgan fingerprint density at radius 3 is 2.85 bits per heavy atom. The van der Waals surface area contributed by atoms with E-state index in [9.17, 15) is 4.39 Å². The summed E-state index contributed by atoms with van der Waals surface area (Å²) in [6.45, 7) is 2.44. The first-order valence-corrected chi connectivity index (χ1v) is 6.22. The van der Waals surface area contributed by atoms with Crippen LogP contribution in [0.2, 0.25) is 0 Å². The molecule has 0 atom stereocenters. The van der Waals surface area contributed by atoms with Gasteiger partial charge in [0.15, 0.2) is 11.5 Å². The van der Waals surface area contributed by atoms with E-state index in [0.29, 0.717) is 29.5 Å². The molecule has 0 aliphatic heterocycles. The lowest BCUT2D eigenvalue weighted by atomic mass is 10.2. The van der Waals surface area contributed by atoms with Crippen LogP contribution in [0.5, 0.6) is 5.75 Å². The summed E-state index contributed by atoms with van der Waals surface area (Å²) in [6.07, 6.45) is 1.34. The van der Waals surface area contributed by atoms with Crippen LogP contribution in [0.15, 0.2) is 36.5 Å². The first kappa shape index (κ1) is 12.4. The third-order valence-electron chi connectivity index (χ3n) is 2.93. The van der Waals surface area contributed by atoms with Crippen LogP contribution < -0.4 is 10.5 Å². The fourth-order valence-electron chi connectivity index (χ4n) is 2.04. The maximum Gasteiger partial charge on any atom is 0.168 e. The number of nitrogen functional groups attached to an aromatic ring is 1. The van der Waals surface area contributed by atoms with Gasteiger partial charge in [0.25, 0.3) is 0 Å². The molecule has 3 rings (SSSR count). The number of hydrogen-bond donors (Lipinski definition) is 1. The van der Waals surface area contributed by atoms with Crippen molar-refractivity contribution in [3.63, 3.8) is 0 Å². The molecule has 2 N–H and O–H groups in total. The summed E-state index contributed by atoms with van der Waals surface area (Å²) < 4.78 is 20.3. The fourth-order valence-corrected chi connectivity index (χ4v) is 2.04. The van der Waals surface area contributed by atoms with Crippen LogP contribution in [0.3, 0.4) is 0 Å². The lowest BCUT2D eigenvalue weighted by molar-refractivity contribution is 0.342. The Labute approximate surface area is 114 Å². The molecule has 0 fully saturated rings. The number of nitrogens with zero attached hydrogens (tertiary/aromatic N) is 3. The van der Waals surface area contributed by atoms with E-state index in [2.05, 4.69) is 10.2 Å². The standard InChI is InChI=1S/C14H13FN4O/c1-2-20-12-5-3-9(7-11(12)16)14-18-17-13-6-4-10(15)8-19(13)14/h3-8H,2,16H2,1H3. The molecule has 102 valence electrons. The number of fused-ring (bicyclic) bond motifs is 1. The Morgan fingerprint density at radius 1 is 1.25 bits per heavy atom. The minimum absolute atomic E-state index is 0.350. The minimum atomic E-state index is -0.350. The van der Waals surface area contributed by atoms with E-state index < -0.39 is 0 Å².